The van der Waals surface area contributed by atoms with Crippen LogP contribution in [0, 0.1) is 6.92 Å². The predicted octanol–water partition coefficient (Wildman–Crippen LogP) is 6.58. The summed E-state index contributed by atoms with van der Waals surface area (Å²) in [5, 5.41) is 2.89. The Kier molecular flexibility index (Phi) is 5.22. The second kappa shape index (κ2) is 7.38. The number of aldehydes is 1. The summed E-state index contributed by atoms with van der Waals surface area (Å²) < 4.78 is 0. The van der Waals surface area contributed by atoms with Crippen molar-refractivity contribution in [3.8, 4) is 0 Å². The molecule has 0 spiro atoms. The van der Waals surface area contributed by atoms with Gasteiger partial charge in [0.2, 0.25) is 0 Å². The summed E-state index contributed by atoms with van der Waals surface area (Å²) in [7, 11) is 0. The zero-order valence-electron chi connectivity index (χ0n) is 14.0. The Hall–Kier alpha value is -2.16. The van der Waals surface area contributed by atoms with E-state index in [1.165, 1.54) is 0 Å². The monoisotopic (exact) mass is 369 g/mol. The Bertz CT molecular complexity index is 988. The largest absolute Gasteiger partial charge is 0.298 e. The summed E-state index contributed by atoms with van der Waals surface area (Å²) in [6, 6.07) is 14.0. The molecule has 0 N–H and O–H groups in total. The average Bonchev–Trinajstić information content (AvgIpc) is 2.64. The number of carbonyl (C=O) groups is 1. The third-order valence-corrected chi connectivity index (χ3v) is 5.36. The van der Waals surface area contributed by atoms with E-state index < -0.39 is 0 Å². The summed E-state index contributed by atoms with van der Waals surface area (Å²) in [6.07, 6.45) is 3.21. The lowest BCUT2D eigenvalue weighted by Crippen LogP contribution is -2.03. The standard InChI is InChI=1S/C21H17Cl2NO/c1-3-15-13(2)20(22)21(23)18(12-25)17(15)11-24-19-10-6-8-14-7-4-5-9-16(14)19/h4-12H,3H2,1-2H3. The maximum atomic E-state index is 11.6. The molecule has 0 aromatic heterocycles. The van der Waals surface area contributed by atoms with E-state index in [2.05, 4.69) is 4.99 Å². The van der Waals surface area contributed by atoms with Crippen LogP contribution in [0.25, 0.3) is 10.8 Å². The molecule has 0 aliphatic heterocycles. The van der Waals surface area contributed by atoms with Crippen LogP contribution in [0.5, 0.6) is 0 Å². The van der Waals surface area contributed by atoms with Gasteiger partial charge in [0.05, 0.1) is 15.7 Å². The number of nitrogens with zero attached hydrogens (tertiary/aromatic N) is 1. The molecule has 0 heterocycles. The van der Waals surface area contributed by atoms with Crippen LogP contribution in [-0.2, 0) is 6.42 Å². The molecule has 25 heavy (non-hydrogen) atoms. The van der Waals surface area contributed by atoms with E-state index >= 15 is 0 Å². The van der Waals surface area contributed by atoms with E-state index in [4.69, 9.17) is 23.2 Å². The minimum absolute atomic E-state index is 0.283. The smallest absolute Gasteiger partial charge is 0.152 e. The Balaban J connectivity index is 2.20. The molecule has 126 valence electrons. The Morgan fingerprint density at radius 2 is 1.72 bits per heavy atom. The Morgan fingerprint density at radius 1 is 1.00 bits per heavy atom. The van der Waals surface area contributed by atoms with Gasteiger partial charge in [0.15, 0.2) is 6.29 Å². The fourth-order valence-electron chi connectivity index (χ4n) is 3.07. The molecule has 0 aliphatic carbocycles. The molecular formula is C21H17Cl2NO. The van der Waals surface area contributed by atoms with E-state index in [9.17, 15) is 4.79 Å². The van der Waals surface area contributed by atoms with Gasteiger partial charge in [-0.15, -0.1) is 0 Å². The number of halogens is 2. The summed E-state index contributed by atoms with van der Waals surface area (Å²) in [5.74, 6) is 0. The van der Waals surface area contributed by atoms with Crippen molar-refractivity contribution in [2.24, 2.45) is 4.99 Å². The summed E-state index contributed by atoms with van der Waals surface area (Å²) in [5.41, 5.74) is 3.84. The highest BCUT2D eigenvalue weighted by molar-refractivity contribution is 6.44. The molecule has 0 radical (unpaired) electrons. The van der Waals surface area contributed by atoms with Crippen LogP contribution in [0.15, 0.2) is 47.5 Å². The molecule has 0 aliphatic rings. The highest BCUT2D eigenvalue weighted by Crippen LogP contribution is 2.35. The van der Waals surface area contributed by atoms with E-state index in [-0.39, 0.29) is 5.02 Å². The summed E-state index contributed by atoms with van der Waals surface area (Å²) in [4.78, 5) is 16.2. The number of hydrogen-bond donors (Lipinski definition) is 0. The second-order valence-corrected chi connectivity index (χ2v) is 6.54. The van der Waals surface area contributed by atoms with Gasteiger partial charge in [0.25, 0.3) is 0 Å². The molecule has 4 heteroatoms. The van der Waals surface area contributed by atoms with Gasteiger partial charge in [-0.3, -0.25) is 9.79 Å². The molecular weight excluding hydrogens is 353 g/mol. The number of aliphatic imine (C=N–C) groups is 1. The van der Waals surface area contributed by atoms with Gasteiger partial charge in [-0.25, -0.2) is 0 Å². The molecule has 3 aromatic carbocycles. The minimum atomic E-state index is 0.283. The van der Waals surface area contributed by atoms with E-state index in [1.807, 2.05) is 56.3 Å². The molecule has 0 amide bonds. The minimum Gasteiger partial charge on any atom is -0.298 e. The fourth-order valence-corrected chi connectivity index (χ4v) is 3.58. The van der Waals surface area contributed by atoms with Gasteiger partial charge in [-0.05, 0) is 35.9 Å². The number of benzene rings is 3. The van der Waals surface area contributed by atoms with Crippen LogP contribution in [0.2, 0.25) is 10.0 Å². The van der Waals surface area contributed by atoms with Gasteiger partial charge < -0.3 is 0 Å². The first kappa shape index (κ1) is 17.7. The highest BCUT2D eigenvalue weighted by Gasteiger charge is 2.17. The second-order valence-electron chi connectivity index (χ2n) is 5.79. The quantitative estimate of drug-likeness (QED) is 0.377. The highest BCUT2D eigenvalue weighted by atomic mass is 35.5. The van der Waals surface area contributed by atoms with Crippen LogP contribution in [0.1, 0.15) is 34.0 Å². The summed E-state index contributed by atoms with van der Waals surface area (Å²) >= 11 is 12.6. The zero-order chi connectivity index (χ0) is 18.0. The van der Waals surface area contributed by atoms with Gasteiger partial charge in [0.1, 0.15) is 0 Å². The molecule has 3 aromatic rings. The first-order chi connectivity index (χ1) is 12.1. The number of hydrogen-bond acceptors (Lipinski definition) is 2. The van der Waals surface area contributed by atoms with Crippen LogP contribution in [-0.4, -0.2) is 12.5 Å². The Labute approximate surface area is 157 Å². The van der Waals surface area contributed by atoms with Crippen molar-refractivity contribution in [2.75, 3.05) is 0 Å². The number of rotatable bonds is 4. The van der Waals surface area contributed by atoms with Crippen molar-refractivity contribution in [2.45, 2.75) is 20.3 Å². The molecule has 0 bridgehead atoms. The molecule has 2 nitrogen and oxygen atoms in total. The number of fused-ring (bicyclic) bond motifs is 1. The van der Waals surface area contributed by atoms with Crippen molar-refractivity contribution in [3.63, 3.8) is 0 Å². The molecule has 0 atom stereocenters. The van der Waals surface area contributed by atoms with Crippen molar-refractivity contribution >= 4 is 52.2 Å². The first-order valence-electron chi connectivity index (χ1n) is 8.05. The summed E-state index contributed by atoms with van der Waals surface area (Å²) in [6.45, 7) is 3.94. The van der Waals surface area contributed by atoms with Crippen molar-refractivity contribution < 1.29 is 4.79 Å². The van der Waals surface area contributed by atoms with Gasteiger partial charge in [-0.2, -0.15) is 0 Å². The average molecular weight is 370 g/mol. The van der Waals surface area contributed by atoms with Gasteiger partial charge in [-0.1, -0.05) is 66.5 Å². The third-order valence-electron chi connectivity index (χ3n) is 4.40. The SMILES string of the molecule is CCc1c(C)c(Cl)c(Cl)c(C=O)c1C=Nc1cccc2ccccc12. The van der Waals surface area contributed by atoms with Crippen LogP contribution >= 0.6 is 23.2 Å². The van der Waals surface area contributed by atoms with Crippen LogP contribution < -0.4 is 0 Å². The lowest BCUT2D eigenvalue weighted by Gasteiger charge is -2.14. The lowest BCUT2D eigenvalue weighted by molar-refractivity contribution is 0.112. The van der Waals surface area contributed by atoms with Crippen molar-refractivity contribution in [1.29, 1.82) is 0 Å². The van der Waals surface area contributed by atoms with Gasteiger partial charge >= 0.3 is 0 Å². The van der Waals surface area contributed by atoms with Crippen molar-refractivity contribution in [1.82, 2.24) is 0 Å². The lowest BCUT2D eigenvalue weighted by atomic mass is 9.95. The van der Waals surface area contributed by atoms with E-state index in [0.717, 1.165) is 45.9 Å². The molecule has 0 saturated carbocycles. The van der Waals surface area contributed by atoms with E-state index in [1.54, 1.807) is 6.21 Å². The maximum absolute atomic E-state index is 11.6. The normalized spacial score (nSPS) is 11.4. The molecule has 3 rings (SSSR count). The molecule has 0 saturated heterocycles. The predicted molar refractivity (Wildman–Crippen MR) is 107 cm³/mol. The van der Waals surface area contributed by atoms with Crippen LogP contribution in [0.4, 0.5) is 5.69 Å². The zero-order valence-corrected chi connectivity index (χ0v) is 15.5. The molecule has 0 unspecified atom stereocenters. The van der Waals surface area contributed by atoms with Crippen LogP contribution in [0.3, 0.4) is 0 Å². The topological polar surface area (TPSA) is 29.4 Å². The van der Waals surface area contributed by atoms with Crippen molar-refractivity contribution in [3.05, 3.63) is 74.8 Å². The first-order valence-corrected chi connectivity index (χ1v) is 8.81. The molecule has 0 fully saturated rings. The van der Waals surface area contributed by atoms with E-state index in [0.29, 0.717) is 10.6 Å². The van der Waals surface area contributed by atoms with Gasteiger partial charge in [0, 0.05) is 22.7 Å². The number of carbonyl (C=O) groups excluding carboxylic acids is 1. The Morgan fingerprint density at radius 3 is 2.44 bits per heavy atom. The fraction of sp³-hybridized carbons (Fsp3) is 0.143. The third kappa shape index (κ3) is 3.20. The maximum Gasteiger partial charge on any atom is 0.152 e.